The van der Waals surface area contributed by atoms with E-state index in [1.54, 1.807) is 12.4 Å². The second kappa shape index (κ2) is 4.42. The van der Waals surface area contributed by atoms with Crippen LogP contribution in [0.2, 0.25) is 0 Å². The van der Waals surface area contributed by atoms with Crippen LogP contribution < -0.4 is 5.46 Å². The summed E-state index contributed by atoms with van der Waals surface area (Å²) in [7, 11) is -0.437. The Kier molecular flexibility index (Phi) is 3.01. The third kappa shape index (κ3) is 2.19. The van der Waals surface area contributed by atoms with Crippen LogP contribution in [-0.4, -0.2) is 33.8 Å². The molecular weight excluding hydrogens is 267 g/mol. The minimum atomic E-state index is -0.437. The van der Waals surface area contributed by atoms with E-state index in [2.05, 4.69) is 4.98 Å². The van der Waals surface area contributed by atoms with Crippen LogP contribution in [0, 0.1) is 0 Å². The molecule has 2 aromatic rings. The van der Waals surface area contributed by atoms with Gasteiger partial charge in [0, 0.05) is 30.2 Å². The molecule has 3 heterocycles. The predicted octanol–water partition coefficient (Wildman–Crippen LogP) is 2.00. The van der Waals surface area contributed by atoms with E-state index < -0.39 is 7.12 Å². The van der Waals surface area contributed by atoms with E-state index in [4.69, 9.17) is 9.31 Å². The standard InChI is InChI=1S/C15H19BN2O3/c1-10(19)18-7-6-11-8-12(9-17-13(11)18)16-20-14(2,3)15(4,5)21-16/h6-9H,1-5H3. The molecule has 0 amide bonds. The smallest absolute Gasteiger partial charge is 0.399 e. The second-order valence-electron chi connectivity index (χ2n) is 6.47. The summed E-state index contributed by atoms with van der Waals surface area (Å²) in [6.07, 6.45) is 3.44. The first kappa shape index (κ1) is 14.3. The van der Waals surface area contributed by atoms with Crippen molar-refractivity contribution in [3.05, 3.63) is 24.5 Å². The monoisotopic (exact) mass is 286 g/mol. The molecule has 110 valence electrons. The molecule has 1 fully saturated rings. The Hall–Kier alpha value is -1.66. The van der Waals surface area contributed by atoms with Gasteiger partial charge in [-0.25, -0.2) is 4.98 Å². The third-order valence-corrected chi connectivity index (χ3v) is 4.41. The molecule has 1 aliphatic heterocycles. The van der Waals surface area contributed by atoms with Crippen molar-refractivity contribution in [3.8, 4) is 0 Å². The summed E-state index contributed by atoms with van der Waals surface area (Å²) in [6.45, 7) is 9.59. The van der Waals surface area contributed by atoms with Crippen LogP contribution in [0.25, 0.3) is 11.0 Å². The van der Waals surface area contributed by atoms with E-state index >= 15 is 0 Å². The van der Waals surface area contributed by atoms with Crippen LogP contribution in [0.5, 0.6) is 0 Å². The zero-order valence-corrected chi connectivity index (χ0v) is 13.0. The minimum Gasteiger partial charge on any atom is -0.399 e. The summed E-state index contributed by atoms with van der Waals surface area (Å²) in [5, 5.41) is 0.900. The van der Waals surface area contributed by atoms with Crippen molar-refractivity contribution >= 4 is 29.5 Å². The zero-order chi connectivity index (χ0) is 15.4. The molecule has 2 aromatic heterocycles. The number of hydrogen-bond donors (Lipinski definition) is 0. The van der Waals surface area contributed by atoms with E-state index in [1.807, 2.05) is 39.8 Å². The molecule has 0 unspecified atom stereocenters. The van der Waals surface area contributed by atoms with Gasteiger partial charge in [-0.2, -0.15) is 0 Å². The van der Waals surface area contributed by atoms with Crippen molar-refractivity contribution in [3.63, 3.8) is 0 Å². The molecule has 0 radical (unpaired) electrons. The van der Waals surface area contributed by atoms with Gasteiger partial charge in [0.15, 0.2) is 0 Å². The molecule has 0 aliphatic carbocycles. The molecule has 0 saturated carbocycles. The average Bonchev–Trinajstić information content (AvgIpc) is 2.87. The summed E-state index contributed by atoms with van der Waals surface area (Å²) in [4.78, 5) is 15.9. The van der Waals surface area contributed by atoms with Crippen LogP contribution in [0.4, 0.5) is 0 Å². The maximum Gasteiger partial charge on any atom is 0.496 e. The van der Waals surface area contributed by atoms with Gasteiger partial charge in [-0.05, 0) is 39.8 Å². The molecule has 1 aliphatic rings. The molecule has 0 spiro atoms. The molecule has 0 atom stereocenters. The third-order valence-electron chi connectivity index (χ3n) is 4.41. The Morgan fingerprint density at radius 3 is 2.43 bits per heavy atom. The Morgan fingerprint density at radius 1 is 1.24 bits per heavy atom. The maximum atomic E-state index is 11.5. The fourth-order valence-electron chi connectivity index (χ4n) is 2.40. The summed E-state index contributed by atoms with van der Waals surface area (Å²) in [6, 6.07) is 3.84. The average molecular weight is 286 g/mol. The van der Waals surface area contributed by atoms with Gasteiger partial charge in [-0.15, -0.1) is 0 Å². The molecule has 6 heteroatoms. The van der Waals surface area contributed by atoms with Crippen molar-refractivity contribution in [1.29, 1.82) is 0 Å². The fourth-order valence-corrected chi connectivity index (χ4v) is 2.40. The van der Waals surface area contributed by atoms with Crippen LogP contribution in [0.1, 0.15) is 39.4 Å². The van der Waals surface area contributed by atoms with Gasteiger partial charge in [0.1, 0.15) is 5.65 Å². The zero-order valence-electron chi connectivity index (χ0n) is 13.0. The number of aromatic nitrogens is 2. The lowest BCUT2D eigenvalue weighted by atomic mass is 9.80. The molecular formula is C15H19BN2O3. The Labute approximate surface area is 124 Å². The lowest BCUT2D eigenvalue weighted by molar-refractivity contribution is 0.00578. The summed E-state index contributed by atoms with van der Waals surface area (Å²) < 4.78 is 13.6. The highest BCUT2D eigenvalue weighted by atomic mass is 16.7. The highest BCUT2D eigenvalue weighted by Crippen LogP contribution is 2.36. The van der Waals surface area contributed by atoms with Gasteiger partial charge >= 0.3 is 7.12 Å². The normalized spacial score (nSPS) is 20.1. The van der Waals surface area contributed by atoms with E-state index in [-0.39, 0.29) is 17.1 Å². The first-order chi connectivity index (χ1) is 9.71. The van der Waals surface area contributed by atoms with E-state index in [0.717, 1.165) is 10.8 Å². The Bertz CT molecular complexity index is 705. The van der Waals surface area contributed by atoms with Gasteiger partial charge in [-0.3, -0.25) is 9.36 Å². The van der Waals surface area contributed by atoms with Crippen molar-refractivity contribution in [2.75, 3.05) is 0 Å². The largest absolute Gasteiger partial charge is 0.496 e. The molecule has 5 nitrogen and oxygen atoms in total. The van der Waals surface area contributed by atoms with Gasteiger partial charge in [0.05, 0.1) is 11.2 Å². The first-order valence-electron chi connectivity index (χ1n) is 7.05. The predicted molar refractivity (Wildman–Crippen MR) is 81.7 cm³/mol. The van der Waals surface area contributed by atoms with E-state index in [9.17, 15) is 4.79 Å². The lowest BCUT2D eigenvalue weighted by Crippen LogP contribution is -2.41. The van der Waals surface area contributed by atoms with Crippen molar-refractivity contribution in [2.24, 2.45) is 0 Å². The number of carbonyl (C=O) groups is 1. The first-order valence-corrected chi connectivity index (χ1v) is 7.05. The highest BCUT2D eigenvalue weighted by Gasteiger charge is 2.51. The van der Waals surface area contributed by atoms with Crippen LogP contribution in [0.3, 0.4) is 0 Å². The fraction of sp³-hybridized carbons (Fsp3) is 0.467. The van der Waals surface area contributed by atoms with Gasteiger partial charge in [0.2, 0.25) is 5.91 Å². The van der Waals surface area contributed by atoms with Gasteiger partial charge in [-0.1, -0.05) is 0 Å². The summed E-state index contributed by atoms with van der Waals surface area (Å²) in [5.41, 5.74) is 0.765. The number of nitrogens with zero attached hydrogens (tertiary/aromatic N) is 2. The van der Waals surface area contributed by atoms with Crippen LogP contribution >= 0.6 is 0 Å². The Morgan fingerprint density at radius 2 is 1.86 bits per heavy atom. The minimum absolute atomic E-state index is 0.0547. The van der Waals surface area contributed by atoms with E-state index in [0.29, 0.717) is 5.65 Å². The molecule has 0 bridgehead atoms. The number of hydrogen-bond acceptors (Lipinski definition) is 4. The molecule has 1 saturated heterocycles. The van der Waals surface area contributed by atoms with Gasteiger partial charge in [0.25, 0.3) is 0 Å². The van der Waals surface area contributed by atoms with Crippen molar-refractivity contribution < 1.29 is 14.1 Å². The topological polar surface area (TPSA) is 53.4 Å². The van der Waals surface area contributed by atoms with Gasteiger partial charge < -0.3 is 9.31 Å². The van der Waals surface area contributed by atoms with Crippen molar-refractivity contribution in [2.45, 2.75) is 45.8 Å². The second-order valence-corrected chi connectivity index (χ2v) is 6.47. The molecule has 0 aromatic carbocycles. The quantitative estimate of drug-likeness (QED) is 0.752. The van der Waals surface area contributed by atoms with E-state index in [1.165, 1.54) is 11.5 Å². The number of carbonyl (C=O) groups excluding carboxylic acids is 1. The highest BCUT2D eigenvalue weighted by molar-refractivity contribution is 6.62. The summed E-state index contributed by atoms with van der Waals surface area (Å²) >= 11 is 0. The lowest BCUT2D eigenvalue weighted by Gasteiger charge is -2.32. The Balaban J connectivity index is 1.98. The SMILES string of the molecule is CC(=O)n1ccc2cc(B3OC(C)(C)C(C)(C)O3)cnc21. The van der Waals surface area contributed by atoms with Crippen molar-refractivity contribution in [1.82, 2.24) is 9.55 Å². The number of fused-ring (bicyclic) bond motifs is 1. The number of rotatable bonds is 1. The number of pyridine rings is 1. The molecule has 0 N–H and O–H groups in total. The maximum absolute atomic E-state index is 11.5. The molecule has 21 heavy (non-hydrogen) atoms. The van der Waals surface area contributed by atoms with Crippen LogP contribution in [0.15, 0.2) is 24.5 Å². The molecule has 3 rings (SSSR count). The summed E-state index contributed by atoms with van der Waals surface area (Å²) in [5.74, 6) is -0.0547. The van der Waals surface area contributed by atoms with Crippen LogP contribution in [-0.2, 0) is 9.31 Å².